The van der Waals surface area contributed by atoms with Crippen LogP contribution in [0.5, 0.6) is 23.0 Å². The molecule has 0 unspecified atom stereocenters. The minimum absolute atomic E-state index is 0.274. The lowest BCUT2D eigenvalue weighted by Gasteiger charge is -2.23. The molecule has 0 bridgehead atoms. The van der Waals surface area contributed by atoms with Gasteiger partial charge in [0.05, 0.1) is 15.1 Å². The Kier molecular flexibility index (Phi) is 2.99. The topological polar surface area (TPSA) is 18.5 Å². The van der Waals surface area contributed by atoms with Crippen molar-refractivity contribution in [2.75, 3.05) is 0 Å². The maximum Gasteiger partial charge on any atom is 0.190 e. The number of benzene rings is 2. The van der Waals surface area contributed by atoms with Gasteiger partial charge in [0.25, 0.3) is 0 Å². The third kappa shape index (κ3) is 1.81. The maximum atomic E-state index is 6.06. The van der Waals surface area contributed by atoms with E-state index in [-0.39, 0.29) is 5.02 Å². The normalized spacial score (nSPS) is 12.2. The van der Waals surface area contributed by atoms with Gasteiger partial charge in [-0.25, -0.2) is 0 Å². The van der Waals surface area contributed by atoms with E-state index in [0.29, 0.717) is 38.1 Å². The van der Waals surface area contributed by atoms with Crippen molar-refractivity contribution in [2.24, 2.45) is 0 Å². The predicted octanol–water partition coefficient (Wildman–Crippen LogP) is 6.20. The molecule has 18 heavy (non-hydrogen) atoms. The molecule has 92 valence electrons. The highest BCUT2D eigenvalue weighted by molar-refractivity contribution is 6.43. The molecule has 0 atom stereocenters. The van der Waals surface area contributed by atoms with Gasteiger partial charge >= 0.3 is 0 Å². The molecule has 0 saturated heterocycles. The molecule has 0 spiro atoms. The molecule has 0 radical (unpaired) electrons. The van der Waals surface area contributed by atoms with Crippen LogP contribution < -0.4 is 9.47 Å². The van der Waals surface area contributed by atoms with Crippen LogP contribution in [0.25, 0.3) is 0 Å². The van der Waals surface area contributed by atoms with Crippen LogP contribution in [-0.4, -0.2) is 0 Å². The molecule has 0 saturated carbocycles. The average Bonchev–Trinajstić information content (AvgIpc) is 2.37. The highest BCUT2D eigenvalue weighted by Gasteiger charge is 2.26. The highest BCUT2D eigenvalue weighted by atomic mass is 35.5. The summed E-state index contributed by atoms with van der Waals surface area (Å²) >= 11 is 24.0. The zero-order valence-electron chi connectivity index (χ0n) is 8.64. The van der Waals surface area contributed by atoms with Gasteiger partial charge in [-0.1, -0.05) is 46.4 Å². The molecular formula is C12H4Cl4O2. The third-order valence-corrected chi connectivity index (χ3v) is 3.83. The van der Waals surface area contributed by atoms with Gasteiger partial charge in [0, 0.05) is 0 Å². The molecule has 0 aromatic heterocycles. The predicted molar refractivity (Wildman–Crippen MR) is 73.1 cm³/mol. The fourth-order valence-corrected chi connectivity index (χ4v) is 2.32. The summed E-state index contributed by atoms with van der Waals surface area (Å²) in [5.74, 6) is 1.48. The summed E-state index contributed by atoms with van der Waals surface area (Å²) in [4.78, 5) is 0. The van der Waals surface area contributed by atoms with Crippen LogP contribution in [0, 0.1) is 0 Å². The van der Waals surface area contributed by atoms with Crippen LogP contribution >= 0.6 is 46.4 Å². The summed E-state index contributed by atoms with van der Waals surface area (Å²) < 4.78 is 11.3. The van der Waals surface area contributed by atoms with E-state index < -0.39 is 0 Å². The first-order valence-electron chi connectivity index (χ1n) is 4.89. The van der Waals surface area contributed by atoms with Crippen molar-refractivity contribution in [1.29, 1.82) is 0 Å². The first-order chi connectivity index (χ1) is 8.58. The van der Waals surface area contributed by atoms with Crippen molar-refractivity contribution in [1.82, 2.24) is 0 Å². The van der Waals surface area contributed by atoms with E-state index >= 15 is 0 Å². The van der Waals surface area contributed by atoms with Crippen LogP contribution in [0.15, 0.2) is 24.3 Å². The van der Waals surface area contributed by atoms with Gasteiger partial charge in [-0.05, 0) is 24.3 Å². The monoisotopic (exact) mass is 320 g/mol. The number of rotatable bonds is 0. The van der Waals surface area contributed by atoms with Crippen LogP contribution in [0.3, 0.4) is 0 Å². The Bertz CT molecular complexity index is 655. The van der Waals surface area contributed by atoms with Crippen LogP contribution in [0.1, 0.15) is 0 Å². The van der Waals surface area contributed by atoms with E-state index in [4.69, 9.17) is 55.9 Å². The summed E-state index contributed by atoms with van der Waals surface area (Å²) in [7, 11) is 0. The lowest BCUT2D eigenvalue weighted by atomic mass is 10.2. The molecule has 1 heterocycles. The van der Waals surface area contributed by atoms with Gasteiger partial charge in [0.1, 0.15) is 5.02 Å². The van der Waals surface area contributed by atoms with E-state index in [2.05, 4.69) is 0 Å². The highest BCUT2D eigenvalue weighted by Crippen LogP contribution is 2.54. The summed E-state index contributed by atoms with van der Waals surface area (Å²) in [5.41, 5.74) is 0. The number of ether oxygens (including phenoxy) is 2. The molecule has 2 aromatic rings. The molecule has 2 aromatic carbocycles. The zero-order chi connectivity index (χ0) is 12.9. The van der Waals surface area contributed by atoms with Crippen molar-refractivity contribution in [3.8, 4) is 23.0 Å². The number of hydrogen-bond acceptors (Lipinski definition) is 2. The van der Waals surface area contributed by atoms with Crippen molar-refractivity contribution in [3.05, 3.63) is 44.4 Å². The zero-order valence-corrected chi connectivity index (χ0v) is 11.7. The van der Waals surface area contributed by atoms with Gasteiger partial charge in [-0.3, -0.25) is 0 Å². The molecule has 6 heteroatoms. The molecule has 1 aliphatic rings. The van der Waals surface area contributed by atoms with E-state index in [0.717, 1.165) is 0 Å². The van der Waals surface area contributed by atoms with Crippen LogP contribution in [-0.2, 0) is 0 Å². The lowest BCUT2D eigenvalue weighted by Crippen LogP contribution is -2.00. The minimum atomic E-state index is 0.274. The van der Waals surface area contributed by atoms with Crippen molar-refractivity contribution < 1.29 is 9.47 Å². The number of fused-ring (bicyclic) bond motifs is 2. The summed E-state index contributed by atoms with van der Waals surface area (Å²) in [6, 6.07) is 6.53. The van der Waals surface area contributed by atoms with Gasteiger partial charge in [0.15, 0.2) is 23.0 Å². The fourth-order valence-electron chi connectivity index (χ4n) is 1.61. The Morgan fingerprint density at radius 3 is 1.83 bits per heavy atom. The van der Waals surface area contributed by atoms with Crippen LogP contribution in [0.4, 0.5) is 0 Å². The Balaban J connectivity index is 2.21. The Hall–Kier alpha value is -0.800. The largest absolute Gasteiger partial charge is 0.448 e. The van der Waals surface area contributed by atoms with Gasteiger partial charge < -0.3 is 9.47 Å². The number of hydrogen-bond donors (Lipinski definition) is 0. The second-order valence-corrected chi connectivity index (χ2v) is 5.18. The van der Waals surface area contributed by atoms with E-state index in [1.54, 1.807) is 24.3 Å². The van der Waals surface area contributed by atoms with Gasteiger partial charge in [-0.2, -0.15) is 0 Å². The van der Waals surface area contributed by atoms with Crippen molar-refractivity contribution >= 4 is 46.4 Å². The minimum Gasteiger partial charge on any atom is -0.448 e. The second-order valence-electron chi connectivity index (χ2n) is 3.58. The standard InChI is InChI=1S/C12H4Cl4O2/c13-5-3-4-8-12(9(5)16)18-11-7(15)2-1-6(14)10(11)17-8/h1-4H. The van der Waals surface area contributed by atoms with E-state index in [1.165, 1.54) is 0 Å². The first kappa shape index (κ1) is 12.2. The molecule has 3 rings (SSSR count). The molecule has 2 nitrogen and oxygen atoms in total. The average molecular weight is 322 g/mol. The Morgan fingerprint density at radius 1 is 0.611 bits per heavy atom. The summed E-state index contributed by atoms with van der Waals surface area (Å²) in [6.45, 7) is 0. The van der Waals surface area contributed by atoms with E-state index in [1.807, 2.05) is 0 Å². The van der Waals surface area contributed by atoms with E-state index in [9.17, 15) is 0 Å². The fraction of sp³-hybridized carbons (Fsp3) is 0. The first-order valence-corrected chi connectivity index (χ1v) is 6.41. The molecule has 0 N–H and O–H groups in total. The SMILES string of the molecule is Clc1ccc2c(c1Cl)Oc1c(Cl)ccc(Cl)c1O2. The van der Waals surface area contributed by atoms with Crippen molar-refractivity contribution in [3.63, 3.8) is 0 Å². The van der Waals surface area contributed by atoms with Crippen molar-refractivity contribution in [2.45, 2.75) is 0 Å². The number of halogens is 4. The maximum absolute atomic E-state index is 6.06. The summed E-state index contributed by atoms with van der Waals surface area (Å²) in [5, 5.41) is 1.44. The molecule has 1 aliphatic heterocycles. The molecule has 0 fully saturated rings. The Morgan fingerprint density at radius 2 is 1.17 bits per heavy atom. The van der Waals surface area contributed by atoms with Gasteiger partial charge in [0.2, 0.25) is 0 Å². The van der Waals surface area contributed by atoms with Crippen LogP contribution in [0.2, 0.25) is 20.1 Å². The third-order valence-electron chi connectivity index (χ3n) is 2.45. The summed E-state index contributed by atoms with van der Waals surface area (Å²) in [6.07, 6.45) is 0. The quantitative estimate of drug-likeness (QED) is 0.491. The molecule has 0 amide bonds. The smallest absolute Gasteiger partial charge is 0.190 e. The van der Waals surface area contributed by atoms with Gasteiger partial charge in [-0.15, -0.1) is 0 Å². The lowest BCUT2D eigenvalue weighted by molar-refractivity contribution is 0.360. The second kappa shape index (κ2) is 4.39. The Labute approximate surface area is 123 Å². The molecular weight excluding hydrogens is 318 g/mol. The molecule has 0 aliphatic carbocycles.